The van der Waals surface area contributed by atoms with Gasteiger partial charge in [-0.05, 0) is 43.9 Å². The highest BCUT2D eigenvalue weighted by Gasteiger charge is 2.40. The maximum atomic E-state index is 12.6. The fourth-order valence-corrected chi connectivity index (χ4v) is 2.62. The van der Waals surface area contributed by atoms with Crippen LogP contribution in [0, 0.1) is 5.92 Å². The molecule has 1 unspecified atom stereocenters. The molecule has 0 aromatic heterocycles. The molecule has 1 amide bonds. The van der Waals surface area contributed by atoms with Gasteiger partial charge in [0.05, 0.1) is 5.69 Å². The minimum atomic E-state index is -0.816. The van der Waals surface area contributed by atoms with Crippen molar-refractivity contribution in [2.75, 3.05) is 11.4 Å². The zero-order valence-electron chi connectivity index (χ0n) is 13.6. The van der Waals surface area contributed by atoms with Crippen LogP contribution in [0.15, 0.2) is 18.2 Å². The van der Waals surface area contributed by atoms with Crippen LogP contribution in [0.4, 0.5) is 5.69 Å². The fourth-order valence-electron chi connectivity index (χ4n) is 2.62. The maximum absolute atomic E-state index is 12.6. The second kappa shape index (κ2) is 5.68. The molecule has 116 valence electrons. The lowest BCUT2D eigenvalue weighted by atomic mass is 9.95. The number of nitrogens with two attached hydrogens (primary N) is 1. The van der Waals surface area contributed by atoms with E-state index in [-0.39, 0.29) is 11.9 Å². The summed E-state index contributed by atoms with van der Waals surface area (Å²) < 4.78 is 5.87. The van der Waals surface area contributed by atoms with Crippen molar-refractivity contribution >= 4 is 11.6 Å². The molecule has 0 radical (unpaired) electrons. The van der Waals surface area contributed by atoms with Crippen LogP contribution in [-0.2, 0) is 4.79 Å². The lowest BCUT2D eigenvalue weighted by Gasteiger charge is -2.39. The van der Waals surface area contributed by atoms with E-state index in [0.29, 0.717) is 12.5 Å². The van der Waals surface area contributed by atoms with Crippen molar-refractivity contribution in [2.24, 2.45) is 11.7 Å². The molecule has 4 heteroatoms. The first-order valence-corrected chi connectivity index (χ1v) is 7.68. The predicted octanol–water partition coefficient (Wildman–Crippen LogP) is 3.26. The number of carbonyl (C=O) groups excluding carboxylic acids is 1. The Labute approximate surface area is 127 Å². The molecule has 0 bridgehead atoms. The van der Waals surface area contributed by atoms with E-state index >= 15 is 0 Å². The number of ether oxygens (including phenoxy) is 1. The molecule has 1 aromatic rings. The second-order valence-electron chi connectivity index (χ2n) is 6.57. The van der Waals surface area contributed by atoms with Crippen molar-refractivity contribution in [3.05, 3.63) is 23.8 Å². The van der Waals surface area contributed by atoms with Crippen molar-refractivity contribution in [1.82, 2.24) is 0 Å². The molecule has 1 aliphatic rings. The Hall–Kier alpha value is -1.55. The van der Waals surface area contributed by atoms with Crippen molar-refractivity contribution in [3.63, 3.8) is 0 Å². The Balaban J connectivity index is 2.47. The third-order valence-corrected chi connectivity index (χ3v) is 3.95. The average molecular weight is 290 g/mol. The number of anilines is 1. The van der Waals surface area contributed by atoms with E-state index in [1.807, 2.05) is 36.9 Å². The smallest absolute Gasteiger partial charge is 0.270 e. The Kier molecular flexibility index (Phi) is 4.28. The Morgan fingerprint density at radius 2 is 2.00 bits per heavy atom. The number of carbonyl (C=O) groups is 1. The molecule has 0 saturated carbocycles. The number of hydrogen-bond acceptors (Lipinski definition) is 3. The summed E-state index contributed by atoms with van der Waals surface area (Å²) in [7, 11) is 0. The van der Waals surface area contributed by atoms with E-state index in [0.717, 1.165) is 23.4 Å². The number of nitrogens with zero attached hydrogens (tertiary/aromatic N) is 1. The molecule has 4 nitrogen and oxygen atoms in total. The van der Waals surface area contributed by atoms with Gasteiger partial charge in [-0.2, -0.15) is 0 Å². The van der Waals surface area contributed by atoms with Gasteiger partial charge < -0.3 is 15.4 Å². The van der Waals surface area contributed by atoms with Gasteiger partial charge in [0.15, 0.2) is 5.60 Å². The molecule has 2 rings (SSSR count). The van der Waals surface area contributed by atoms with E-state index in [9.17, 15) is 4.79 Å². The van der Waals surface area contributed by atoms with Crippen molar-refractivity contribution in [2.45, 2.75) is 52.7 Å². The molecule has 2 N–H and O–H groups in total. The van der Waals surface area contributed by atoms with Crippen LogP contribution in [-0.4, -0.2) is 18.1 Å². The summed E-state index contributed by atoms with van der Waals surface area (Å²) in [4.78, 5) is 14.4. The third kappa shape index (κ3) is 2.91. The molecule has 0 fully saturated rings. The molecule has 1 aromatic carbocycles. The van der Waals surface area contributed by atoms with Crippen molar-refractivity contribution in [1.29, 1.82) is 0 Å². The summed E-state index contributed by atoms with van der Waals surface area (Å²) in [6.45, 7) is 10.6. The van der Waals surface area contributed by atoms with Crippen LogP contribution in [0.3, 0.4) is 0 Å². The number of rotatable bonds is 4. The molecule has 1 heterocycles. The largest absolute Gasteiger partial charge is 0.476 e. The standard InChI is InChI=1S/C17H26N2O2/c1-6-9-19-13-10-12(15(18)11(2)3)7-8-14(13)21-17(4,5)16(19)20/h7-8,10-11,15H,6,9,18H2,1-5H3. The SMILES string of the molecule is CCCN1C(=O)C(C)(C)Oc2ccc(C(N)C(C)C)cc21. The van der Waals surface area contributed by atoms with Gasteiger partial charge >= 0.3 is 0 Å². The molecule has 1 atom stereocenters. The van der Waals surface area contributed by atoms with Crippen LogP contribution >= 0.6 is 0 Å². The number of amides is 1. The van der Waals surface area contributed by atoms with E-state index in [1.54, 1.807) is 0 Å². The van der Waals surface area contributed by atoms with E-state index < -0.39 is 5.60 Å². The highest BCUT2D eigenvalue weighted by molar-refractivity contribution is 6.02. The van der Waals surface area contributed by atoms with Gasteiger partial charge in [0.2, 0.25) is 0 Å². The van der Waals surface area contributed by atoms with Crippen LogP contribution in [0.5, 0.6) is 5.75 Å². The third-order valence-electron chi connectivity index (χ3n) is 3.95. The Morgan fingerprint density at radius 3 is 2.57 bits per heavy atom. The minimum absolute atomic E-state index is 0.00659. The quantitative estimate of drug-likeness (QED) is 0.926. The summed E-state index contributed by atoms with van der Waals surface area (Å²) in [5.41, 5.74) is 7.30. The summed E-state index contributed by atoms with van der Waals surface area (Å²) in [5.74, 6) is 1.11. The van der Waals surface area contributed by atoms with E-state index in [1.165, 1.54) is 0 Å². The minimum Gasteiger partial charge on any atom is -0.476 e. The normalized spacial score (nSPS) is 18.4. The van der Waals surface area contributed by atoms with Gasteiger partial charge in [-0.15, -0.1) is 0 Å². The number of hydrogen-bond donors (Lipinski definition) is 1. The van der Waals surface area contributed by atoms with Gasteiger partial charge in [0, 0.05) is 12.6 Å². The first kappa shape index (κ1) is 15.8. The number of fused-ring (bicyclic) bond motifs is 1. The van der Waals surface area contributed by atoms with Gasteiger partial charge in [-0.1, -0.05) is 26.8 Å². The van der Waals surface area contributed by atoms with Crippen LogP contribution < -0.4 is 15.4 Å². The molecular weight excluding hydrogens is 264 g/mol. The Morgan fingerprint density at radius 1 is 1.33 bits per heavy atom. The van der Waals surface area contributed by atoms with Crippen LogP contribution in [0.2, 0.25) is 0 Å². The average Bonchev–Trinajstić information content (AvgIpc) is 2.42. The van der Waals surface area contributed by atoms with Crippen molar-refractivity contribution < 1.29 is 9.53 Å². The molecule has 0 aliphatic carbocycles. The van der Waals surface area contributed by atoms with E-state index in [4.69, 9.17) is 10.5 Å². The zero-order valence-corrected chi connectivity index (χ0v) is 13.6. The molecule has 0 saturated heterocycles. The lowest BCUT2D eigenvalue weighted by Crippen LogP contribution is -2.52. The zero-order chi connectivity index (χ0) is 15.8. The first-order valence-electron chi connectivity index (χ1n) is 7.68. The lowest BCUT2D eigenvalue weighted by molar-refractivity contribution is -0.132. The highest BCUT2D eigenvalue weighted by Crippen LogP contribution is 2.39. The molecular formula is C17H26N2O2. The predicted molar refractivity (Wildman–Crippen MR) is 85.6 cm³/mol. The van der Waals surface area contributed by atoms with Gasteiger partial charge in [-0.25, -0.2) is 0 Å². The van der Waals surface area contributed by atoms with Crippen LogP contribution in [0.25, 0.3) is 0 Å². The summed E-state index contributed by atoms with van der Waals surface area (Å²) in [5, 5.41) is 0. The molecule has 0 spiro atoms. The summed E-state index contributed by atoms with van der Waals surface area (Å²) in [6, 6.07) is 5.90. The van der Waals surface area contributed by atoms with Crippen molar-refractivity contribution in [3.8, 4) is 5.75 Å². The fraction of sp³-hybridized carbons (Fsp3) is 0.588. The number of benzene rings is 1. The second-order valence-corrected chi connectivity index (χ2v) is 6.57. The van der Waals surface area contributed by atoms with Gasteiger partial charge in [0.1, 0.15) is 5.75 Å². The molecule has 21 heavy (non-hydrogen) atoms. The summed E-state index contributed by atoms with van der Waals surface area (Å²) >= 11 is 0. The molecule has 1 aliphatic heterocycles. The first-order chi connectivity index (χ1) is 9.77. The topological polar surface area (TPSA) is 55.6 Å². The van der Waals surface area contributed by atoms with Gasteiger partial charge in [0.25, 0.3) is 5.91 Å². The van der Waals surface area contributed by atoms with E-state index in [2.05, 4.69) is 20.8 Å². The maximum Gasteiger partial charge on any atom is 0.270 e. The highest BCUT2D eigenvalue weighted by atomic mass is 16.5. The van der Waals surface area contributed by atoms with Gasteiger partial charge in [-0.3, -0.25) is 4.79 Å². The summed E-state index contributed by atoms with van der Waals surface area (Å²) in [6.07, 6.45) is 0.904. The van der Waals surface area contributed by atoms with Crippen LogP contribution in [0.1, 0.15) is 52.6 Å². The Bertz CT molecular complexity index is 538. The monoisotopic (exact) mass is 290 g/mol.